The van der Waals surface area contributed by atoms with E-state index < -0.39 is 5.97 Å². The highest BCUT2D eigenvalue weighted by molar-refractivity contribution is 5.72. The standard InChI is InChI=1S/C11H18O2/c1-10(2)7-4-5-11(10,3)8(6-7)9(12)13/h7-8H,4-6H2,1-3H3,(H,12,13)/t7-,8-,11-/m0/s1. The number of fused-ring (bicyclic) bond motifs is 2. The Morgan fingerprint density at radius 2 is 2.00 bits per heavy atom. The minimum Gasteiger partial charge on any atom is -0.481 e. The third kappa shape index (κ3) is 0.866. The molecule has 0 aromatic heterocycles. The van der Waals surface area contributed by atoms with Gasteiger partial charge in [-0.1, -0.05) is 20.8 Å². The monoisotopic (exact) mass is 182 g/mol. The van der Waals surface area contributed by atoms with Crippen molar-refractivity contribution in [2.24, 2.45) is 22.7 Å². The van der Waals surface area contributed by atoms with Crippen LogP contribution in [0.4, 0.5) is 0 Å². The Balaban J connectivity index is 2.38. The molecule has 0 aliphatic heterocycles. The summed E-state index contributed by atoms with van der Waals surface area (Å²) in [5, 5.41) is 9.13. The first-order valence-electron chi connectivity index (χ1n) is 5.12. The average molecular weight is 182 g/mol. The molecule has 0 unspecified atom stereocenters. The minimum atomic E-state index is -0.585. The molecule has 0 heterocycles. The van der Waals surface area contributed by atoms with Gasteiger partial charge in [-0.15, -0.1) is 0 Å². The summed E-state index contributed by atoms with van der Waals surface area (Å²) in [5.74, 6) is -0.0439. The summed E-state index contributed by atoms with van der Waals surface area (Å²) in [6.45, 7) is 6.65. The quantitative estimate of drug-likeness (QED) is 0.676. The summed E-state index contributed by atoms with van der Waals surface area (Å²) in [7, 11) is 0. The molecule has 0 radical (unpaired) electrons. The average Bonchev–Trinajstić information content (AvgIpc) is 2.34. The van der Waals surface area contributed by atoms with Crippen molar-refractivity contribution in [3.63, 3.8) is 0 Å². The first kappa shape index (κ1) is 9.04. The van der Waals surface area contributed by atoms with Crippen LogP contribution in [0.1, 0.15) is 40.0 Å². The van der Waals surface area contributed by atoms with E-state index in [1.54, 1.807) is 0 Å². The maximum absolute atomic E-state index is 11.1. The molecule has 0 spiro atoms. The Morgan fingerprint density at radius 3 is 2.23 bits per heavy atom. The van der Waals surface area contributed by atoms with Gasteiger partial charge in [-0.2, -0.15) is 0 Å². The van der Waals surface area contributed by atoms with Gasteiger partial charge in [-0.05, 0) is 36.0 Å². The number of carboxylic acid groups (broad SMARTS) is 1. The fraction of sp³-hybridized carbons (Fsp3) is 0.909. The second-order valence-corrected chi connectivity index (χ2v) is 5.50. The zero-order valence-corrected chi connectivity index (χ0v) is 8.63. The smallest absolute Gasteiger partial charge is 0.307 e. The Morgan fingerprint density at radius 1 is 1.38 bits per heavy atom. The van der Waals surface area contributed by atoms with Crippen LogP contribution < -0.4 is 0 Å². The molecule has 74 valence electrons. The van der Waals surface area contributed by atoms with E-state index in [0.29, 0.717) is 5.92 Å². The van der Waals surface area contributed by atoms with Crippen molar-refractivity contribution in [3.05, 3.63) is 0 Å². The summed E-state index contributed by atoms with van der Waals surface area (Å²) in [4.78, 5) is 11.1. The van der Waals surface area contributed by atoms with Crippen LogP contribution >= 0.6 is 0 Å². The molecule has 2 fully saturated rings. The second kappa shape index (κ2) is 2.28. The predicted octanol–water partition coefficient (Wildman–Crippen LogP) is 2.53. The topological polar surface area (TPSA) is 37.3 Å². The molecular weight excluding hydrogens is 164 g/mol. The van der Waals surface area contributed by atoms with Gasteiger partial charge in [0.1, 0.15) is 0 Å². The van der Waals surface area contributed by atoms with E-state index in [2.05, 4.69) is 20.8 Å². The molecule has 3 atom stereocenters. The summed E-state index contributed by atoms with van der Waals surface area (Å²) < 4.78 is 0. The summed E-state index contributed by atoms with van der Waals surface area (Å²) in [6, 6.07) is 0. The highest BCUT2D eigenvalue weighted by Gasteiger charge is 2.63. The fourth-order valence-electron chi connectivity index (χ4n) is 3.58. The number of carboxylic acids is 1. The molecule has 2 aliphatic carbocycles. The van der Waals surface area contributed by atoms with Crippen molar-refractivity contribution in [1.82, 2.24) is 0 Å². The molecule has 0 aromatic carbocycles. The molecule has 0 saturated heterocycles. The van der Waals surface area contributed by atoms with Crippen molar-refractivity contribution in [2.75, 3.05) is 0 Å². The van der Waals surface area contributed by atoms with E-state index in [1.807, 2.05) is 0 Å². The van der Waals surface area contributed by atoms with Gasteiger partial charge in [0.05, 0.1) is 5.92 Å². The number of carbonyl (C=O) groups is 1. The van der Waals surface area contributed by atoms with Crippen LogP contribution in [0.3, 0.4) is 0 Å². The van der Waals surface area contributed by atoms with Gasteiger partial charge in [0.15, 0.2) is 0 Å². The van der Waals surface area contributed by atoms with Crippen LogP contribution in [0.15, 0.2) is 0 Å². The zero-order valence-electron chi connectivity index (χ0n) is 8.63. The largest absolute Gasteiger partial charge is 0.481 e. The molecule has 2 saturated carbocycles. The van der Waals surface area contributed by atoms with Crippen LogP contribution in [-0.4, -0.2) is 11.1 Å². The van der Waals surface area contributed by atoms with E-state index in [9.17, 15) is 4.79 Å². The third-order valence-electron chi connectivity index (χ3n) is 5.09. The van der Waals surface area contributed by atoms with Gasteiger partial charge in [-0.25, -0.2) is 0 Å². The molecule has 2 aliphatic rings. The lowest BCUT2D eigenvalue weighted by molar-refractivity contribution is -0.147. The van der Waals surface area contributed by atoms with E-state index in [1.165, 1.54) is 6.42 Å². The van der Waals surface area contributed by atoms with Gasteiger partial charge >= 0.3 is 5.97 Å². The fourth-order valence-corrected chi connectivity index (χ4v) is 3.58. The maximum Gasteiger partial charge on any atom is 0.307 e. The Hall–Kier alpha value is -0.530. The molecular formula is C11H18O2. The van der Waals surface area contributed by atoms with Crippen LogP contribution in [0.5, 0.6) is 0 Å². The summed E-state index contributed by atoms with van der Waals surface area (Å²) >= 11 is 0. The van der Waals surface area contributed by atoms with Crippen LogP contribution in [-0.2, 0) is 4.79 Å². The highest BCUT2D eigenvalue weighted by atomic mass is 16.4. The lowest BCUT2D eigenvalue weighted by Crippen LogP contribution is -2.36. The number of hydrogen-bond donors (Lipinski definition) is 1. The second-order valence-electron chi connectivity index (χ2n) is 5.50. The molecule has 2 rings (SSSR count). The van der Waals surface area contributed by atoms with E-state index in [0.717, 1.165) is 12.8 Å². The Bertz CT molecular complexity index is 257. The maximum atomic E-state index is 11.1. The van der Waals surface area contributed by atoms with Crippen molar-refractivity contribution in [2.45, 2.75) is 40.0 Å². The molecule has 2 nitrogen and oxygen atoms in total. The van der Waals surface area contributed by atoms with Gasteiger partial charge in [0, 0.05) is 0 Å². The molecule has 13 heavy (non-hydrogen) atoms. The van der Waals surface area contributed by atoms with Crippen molar-refractivity contribution in [1.29, 1.82) is 0 Å². The summed E-state index contributed by atoms with van der Waals surface area (Å²) in [6.07, 6.45) is 3.23. The van der Waals surface area contributed by atoms with Crippen molar-refractivity contribution >= 4 is 5.97 Å². The molecule has 0 aromatic rings. The zero-order chi connectivity index (χ0) is 9.85. The SMILES string of the molecule is CC1(C)[C@H]2CC[C@@]1(C)[C@H](C(=O)O)C2. The van der Waals surface area contributed by atoms with Crippen LogP contribution in [0.2, 0.25) is 0 Å². The molecule has 0 amide bonds. The van der Waals surface area contributed by atoms with E-state index in [-0.39, 0.29) is 16.7 Å². The van der Waals surface area contributed by atoms with Crippen LogP contribution in [0.25, 0.3) is 0 Å². The number of rotatable bonds is 1. The molecule has 2 bridgehead atoms. The normalized spacial score (nSPS) is 46.7. The predicted molar refractivity (Wildman–Crippen MR) is 50.4 cm³/mol. The van der Waals surface area contributed by atoms with Gasteiger partial charge in [0.2, 0.25) is 0 Å². The van der Waals surface area contributed by atoms with Crippen molar-refractivity contribution in [3.8, 4) is 0 Å². The van der Waals surface area contributed by atoms with Crippen molar-refractivity contribution < 1.29 is 9.90 Å². The Labute approximate surface area is 79.3 Å². The highest BCUT2D eigenvalue weighted by Crippen LogP contribution is 2.68. The summed E-state index contributed by atoms with van der Waals surface area (Å²) in [5.41, 5.74) is 0.277. The molecule has 1 N–H and O–H groups in total. The van der Waals surface area contributed by atoms with E-state index >= 15 is 0 Å². The third-order valence-corrected chi connectivity index (χ3v) is 5.09. The van der Waals surface area contributed by atoms with Gasteiger partial charge < -0.3 is 5.11 Å². The lowest BCUT2D eigenvalue weighted by Gasteiger charge is -2.37. The number of hydrogen-bond acceptors (Lipinski definition) is 1. The van der Waals surface area contributed by atoms with Gasteiger partial charge in [-0.3, -0.25) is 4.79 Å². The van der Waals surface area contributed by atoms with E-state index in [4.69, 9.17) is 5.11 Å². The van der Waals surface area contributed by atoms with Crippen LogP contribution in [0, 0.1) is 22.7 Å². The van der Waals surface area contributed by atoms with Gasteiger partial charge in [0.25, 0.3) is 0 Å². The first-order chi connectivity index (χ1) is 5.89. The Kier molecular flexibility index (Phi) is 1.59. The molecule has 2 heteroatoms. The minimum absolute atomic E-state index is 0.0451. The number of aliphatic carboxylic acids is 1. The first-order valence-corrected chi connectivity index (χ1v) is 5.12. The lowest BCUT2D eigenvalue weighted by atomic mass is 9.67.